The van der Waals surface area contributed by atoms with Crippen molar-refractivity contribution in [2.75, 3.05) is 25.0 Å². The minimum atomic E-state index is 0.519. The van der Waals surface area contributed by atoms with Gasteiger partial charge in [-0.1, -0.05) is 18.0 Å². The molecule has 0 spiro atoms. The second kappa shape index (κ2) is 6.08. The monoisotopic (exact) mass is 263 g/mol. The maximum atomic E-state index is 9.15. The van der Waals surface area contributed by atoms with Crippen LogP contribution in [0, 0.1) is 11.3 Å². The molecule has 0 saturated carbocycles. The largest absolute Gasteiger partial charge is 0.372 e. The molecule has 1 aliphatic rings. The van der Waals surface area contributed by atoms with Crippen LogP contribution in [0.3, 0.4) is 0 Å². The number of likely N-dealkylation sites (N-methyl/N-ethyl adjacent to an activating group) is 1. The number of halogens is 1. The van der Waals surface area contributed by atoms with Crippen LogP contribution in [-0.2, 0) is 0 Å². The van der Waals surface area contributed by atoms with Gasteiger partial charge in [0.25, 0.3) is 0 Å². The molecule has 1 fully saturated rings. The highest BCUT2D eigenvalue weighted by Crippen LogP contribution is 2.23. The molecule has 1 saturated heterocycles. The third-order valence-corrected chi connectivity index (χ3v) is 3.63. The molecular formula is C14H18ClN3. The summed E-state index contributed by atoms with van der Waals surface area (Å²) in [5.41, 5.74) is 1.59. The molecule has 1 unspecified atom stereocenters. The highest BCUT2D eigenvalue weighted by atomic mass is 35.5. The minimum Gasteiger partial charge on any atom is -0.372 e. The molecule has 1 aromatic carbocycles. The van der Waals surface area contributed by atoms with Crippen LogP contribution in [0.4, 0.5) is 5.69 Å². The quantitative estimate of drug-likeness (QED) is 0.912. The van der Waals surface area contributed by atoms with Crippen LogP contribution < -0.4 is 10.2 Å². The third kappa shape index (κ3) is 3.16. The van der Waals surface area contributed by atoms with Crippen molar-refractivity contribution in [2.45, 2.75) is 25.3 Å². The molecule has 0 aromatic heterocycles. The first-order chi connectivity index (χ1) is 8.70. The Balaban J connectivity index is 2.08. The van der Waals surface area contributed by atoms with E-state index < -0.39 is 0 Å². The number of piperidine rings is 1. The Hall–Kier alpha value is -1.24. The van der Waals surface area contributed by atoms with E-state index in [1.165, 1.54) is 19.3 Å². The number of nitrogens with one attached hydrogen (secondary N) is 1. The molecule has 1 aromatic rings. The van der Waals surface area contributed by atoms with Crippen LogP contribution in [0.5, 0.6) is 0 Å². The summed E-state index contributed by atoms with van der Waals surface area (Å²) in [4.78, 5) is 2.14. The summed E-state index contributed by atoms with van der Waals surface area (Å²) in [7, 11) is 2.03. The SMILES string of the molecule is CN(CC1CCCCN1)c1ccc(Cl)cc1C#N. The second-order valence-corrected chi connectivity index (χ2v) is 5.24. The molecule has 1 heterocycles. The Morgan fingerprint density at radius 1 is 1.50 bits per heavy atom. The van der Waals surface area contributed by atoms with E-state index >= 15 is 0 Å². The van der Waals surface area contributed by atoms with Crippen LogP contribution >= 0.6 is 11.6 Å². The van der Waals surface area contributed by atoms with Crippen molar-refractivity contribution in [3.05, 3.63) is 28.8 Å². The average molecular weight is 264 g/mol. The van der Waals surface area contributed by atoms with E-state index in [0.29, 0.717) is 16.6 Å². The normalized spacial score (nSPS) is 19.3. The van der Waals surface area contributed by atoms with Gasteiger partial charge in [-0.25, -0.2) is 0 Å². The van der Waals surface area contributed by atoms with Gasteiger partial charge in [-0.3, -0.25) is 0 Å². The van der Waals surface area contributed by atoms with Crippen molar-refractivity contribution in [3.63, 3.8) is 0 Å². The summed E-state index contributed by atoms with van der Waals surface area (Å²) < 4.78 is 0. The zero-order valence-electron chi connectivity index (χ0n) is 10.6. The lowest BCUT2D eigenvalue weighted by molar-refractivity contribution is 0.403. The fourth-order valence-corrected chi connectivity index (χ4v) is 2.61. The van der Waals surface area contributed by atoms with Crippen LogP contribution in [0.15, 0.2) is 18.2 Å². The maximum Gasteiger partial charge on any atom is 0.101 e. The molecule has 3 nitrogen and oxygen atoms in total. The lowest BCUT2D eigenvalue weighted by atomic mass is 10.0. The number of benzene rings is 1. The smallest absolute Gasteiger partial charge is 0.101 e. The van der Waals surface area contributed by atoms with Gasteiger partial charge in [0.2, 0.25) is 0 Å². The second-order valence-electron chi connectivity index (χ2n) is 4.80. The number of hydrogen-bond donors (Lipinski definition) is 1. The number of nitriles is 1. The van der Waals surface area contributed by atoms with Gasteiger partial charge in [0.1, 0.15) is 6.07 Å². The van der Waals surface area contributed by atoms with E-state index in [2.05, 4.69) is 16.3 Å². The number of rotatable bonds is 3. The zero-order chi connectivity index (χ0) is 13.0. The van der Waals surface area contributed by atoms with E-state index in [9.17, 15) is 0 Å². The van der Waals surface area contributed by atoms with Crippen molar-refractivity contribution < 1.29 is 0 Å². The molecule has 1 aliphatic heterocycles. The predicted octanol–water partition coefficient (Wildman–Crippen LogP) is 2.79. The van der Waals surface area contributed by atoms with Crippen molar-refractivity contribution in [3.8, 4) is 6.07 Å². The molecule has 1 N–H and O–H groups in total. The van der Waals surface area contributed by atoms with Crippen LogP contribution in [0.1, 0.15) is 24.8 Å². The molecule has 18 heavy (non-hydrogen) atoms. The Kier molecular flexibility index (Phi) is 4.46. The van der Waals surface area contributed by atoms with Crippen molar-refractivity contribution >= 4 is 17.3 Å². The van der Waals surface area contributed by atoms with Crippen molar-refractivity contribution in [1.82, 2.24) is 5.32 Å². The summed E-state index contributed by atoms with van der Waals surface area (Å²) in [6.07, 6.45) is 3.77. The predicted molar refractivity (Wildman–Crippen MR) is 75.1 cm³/mol. The Labute approximate surface area is 113 Å². The lowest BCUT2D eigenvalue weighted by Crippen LogP contribution is -2.42. The molecule has 2 rings (SSSR count). The topological polar surface area (TPSA) is 39.1 Å². The van der Waals surface area contributed by atoms with Gasteiger partial charge in [-0.05, 0) is 37.6 Å². The molecule has 96 valence electrons. The van der Waals surface area contributed by atoms with Crippen LogP contribution in [0.2, 0.25) is 5.02 Å². The maximum absolute atomic E-state index is 9.15. The molecule has 1 atom stereocenters. The molecule has 0 radical (unpaired) electrons. The van der Waals surface area contributed by atoms with Gasteiger partial charge < -0.3 is 10.2 Å². The van der Waals surface area contributed by atoms with Crippen molar-refractivity contribution in [2.24, 2.45) is 0 Å². The summed E-state index contributed by atoms with van der Waals surface area (Å²) in [6.45, 7) is 2.03. The highest BCUT2D eigenvalue weighted by molar-refractivity contribution is 6.30. The van der Waals surface area contributed by atoms with Crippen molar-refractivity contribution in [1.29, 1.82) is 5.26 Å². The number of anilines is 1. The fourth-order valence-electron chi connectivity index (χ4n) is 2.44. The standard InChI is InChI=1S/C14H18ClN3/c1-18(10-13-4-2-3-7-17-13)14-6-5-12(15)8-11(14)9-16/h5-6,8,13,17H,2-4,7,10H2,1H3. The third-order valence-electron chi connectivity index (χ3n) is 3.40. The fraction of sp³-hybridized carbons (Fsp3) is 0.500. The van der Waals surface area contributed by atoms with Gasteiger partial charge >= 0.3 is 0 Å². The van der Waals surface area contributed by atoms with Crippen LogP contribution in [-0.4, -0.2) is 26.2 Å². The summed E-state index contributed by atoms with van der Waals surface area (Å²) in [5, 5.41) is 13.3. The van der Waals surface area contributed by atoms with E-state index in [-0.39, 0.29) is 0 Å². The minimum absolute atomic E-state index is 0.519. The van der Waals surface area contributed by atoms with Gasteiger partial charge in [-0.2, -0.15) is 5.26 Å². The molecular weight excluding hydrogens is 246 g/mol. The van der Waals surface area contributed by atoms with Gasteiger partial charge in [0.15, 0.2) is 0 Å². The first-order valence-corrected chi connectivity index (χ1v) is 6.72. The molecule has 0 aliphatic carbocycles. The van der Waals surface area contributed by atoms with E-state index in [1.807, 2.05) is 19.2 Å². The number of hydrogen-bond acceptors (Lipinski definition) is 3. The number of nitrogens with zero attached hydrogens (tertiary/aromatic N) is 2. The summed E-state index contributed by atoms with van der Waals surface area (Å²) in [6, 6.07) is 8.21. The molecule has 4 heteroatoms. The van der Waals surface area contributed by atoms with E-state index in [0.717, 1.165) is 18.8 Å². The van der Waals surface area contributed by atoms with Gasteiger partial charge in [-0.15, -0.1) is 0 Å². The highest BCUT2D eigenvalue weighted by Gasteiger charge is 2.16. The Morgan fingerprint density at radius 3 is 3.00 bits per heavy atom. The lowest BCUT2D eigenvalue weighted by Gasteiger charge is -2.29. The van der Waals surface area contributed by atoms with Gasteiger partial charge in [0.05, 0.1) is 11.3 Å². The zero-order valence-corrected chi connectivity index (χ0v) is 11.4. The summed E-state index contributed by atoms with van der Waals surface area (Å²) in [5.74, 6) is 0. The summed E-state index contributed by atoms with van der Waals surface area (Å²) >= 11 is 5.91. The Morgan fingerprint density at radius 2 is 2.33 bits per heavy atom. The van der Waals surface area contributed by atoms with Gasteiger partial charge in [0, 0.05) is 24.7 Å². The first-order valence-electron chi connectivity index (χ1n) is 6.35. The first kappa shape index (κ1) is 13.2. The van der Waals surface area contributed by atoms with E-state index in [1.54, 1.807) is 6.07 Å². The Bertz CT molecular complexity index is 447. The average Bonchev–Trinajstić information content (AvgIpc) is 2.39. The van der Waals surface area contributed by atoms with Crippen LogP contribution in [0.25, 0.3) is 0 Å². The van der Waals surface area contributed by atoms with E-state index in [4.69, 9.17) is 16.9 Å². The molecule has 0 bridgehead atoms. The molecule has 0 amide bonds.